The molecule has 0 aliphatic carbocycles. The molecule has 4 rings (SSSR count). The van der Waals surface area contributed by atoms with E-state index in [1.54, 1.807) is 17.5 Å². The highest BCUT2D eigenvalue weighted by molar-refractivity contribution is 7.14. The second kappa shape index (κ2) is 8.80. The molecule has 6 heteroatoms. The SMILES string of the molecule is Cc1ccc(Nc2nc(C(=O)Nc3ccc(Oc4ccccc4)cc3)cs2)c(C)c1. The van der Waals surface area contributed by atoms with E-state index in [2.05, 4.69) is 28.6 Å². The van der Waals surface area contributed by atoms with Crippen LogP contribution in [0.5, 0.6) is 11.5 Å². The summed E-state index contributed by atoms with van der Waals surface area (Å²) in [5.74, 6) is 1.21. The maximum Gasteiger partial charge on any atom is 0.275 e. The van der Waals surface area contributed by atoms with Gasteiger partial charge >= 0.3 is 0 Å². The third-order valence-corrected chi connectivity index (χ3v) is 5.21. The number of carbonyl (C=O) groups is 1. The molecule has 4 aromatic rings. The molecule has 1 heterocycles. The number of carbonyl (C=O) groups excluding carboxylic acids is 1. The number of ether oxygens (including phenoxy) is 1. The molecule has 2 N–H and O–H groups in total. The first-order valence-corrected chi connectivity index (χ1v) is 10.4. The first kappa shape index (κ1) is 19.7. The van der Waals surface area contributed by atoms with Gasteiger partial charge in [0.2, 0.25) is 0 Å². The van der Waals surface area contributed by atoms with Gasteiger partial charge in [-0.1, -0.05) is 35.9 Å². The number of hydrogen-bond donors (Lipinski definition) is 2. The minimum Gasteiger partial charge on any atom is -0.457 e. The molecular formula is C24H21N3O2S. The van der Waals surface area contributed by atoms with E-state index in [0.29, 0.717) is 22.3 Å². The zero-order valence-electron chi connectivity index (χ0n) is 16.7. The van der Waals surface area contributed by atoms with Crippen molar-refractivity contribution in [2.75, 3.05) is 10.6 Å². The molecule has 3 aromatic carbocycles. The predicted molar refractivity (Wildman–Crippen MR) is 122 cm³/mol. The maximum absolute atomic E-state index is 12.5. The Bertz CT molecular complexity index is 1150. The van der Waals surface area contributed by atoms with E-state index in [1.165, 1.54) is 16.9 Å². The van der Waals surface area contributed by atoms with Crippen molar-refractivity contribution in [1.82, 2.24) is 4.98 Å². The van der Waals surface area contributed by atoms with E-state index in [4.69, 9.17) is 4.74 Å². The van der Waals surface area contributed by atoms with Gasteiger partial charge in [0.25, 0.3) is 5.91 Å². The number of anilines is 3. The van der Waals surface area contributed by atoms with Crippen LogP contribution in [0.1, 0.15) is 21.6 Å². The van der Waals surface area contributed by atoms with Crippen LogP contribution in [0.4, 0.5) is 16.5 Å². The first-order chi connectivity index (χ1) is 14.6. The number of para-hydroxylation sites is 1. The zero-order valence-corrected chi connectivity index (χ0v) is 17.5. The van der Waals surface area contributed by atoms with E-state index in [1.807, 2.05) is 61.5 Å². The van der Waals surface area contributed by atoms with Crippen LogP contribution in [0.15, 0.2) is 78.2 Å². The number of nitrogens with one attached hydrogen (secondary N) is 2. The van der Waals surface area contributed by atoms with Crippen molar-refractivity contribution in [2.45, 2.75) is 13.8 Å². The van der Waals surface area contributed by atoms with E-state index < -0.39 is 0 Å². The molecule has 30 heavy (non-hydrogen) atoms. The minimum absolute atomic E-state index is 0.253. The van der Waals surface area contributed by atoms with Gasteiger partial charge in [-0.2, -0.15) is 0 Å². The average molecular weight is 416 g/mol. The second-order valence-electron chi connectivity index (χ2n) is 6.87. The van der Waals surface area contributed by atoms with Crippen molar-refractivity contribution in [3.63, 3.8) is 0 Å². The van der Waals surface area contributed by atoms with E-state index in [9.17, 15) is 4.79 Å². The van der Waals surface area contributed by atoms with Crippen LogP contribution in [-0.2, 0) is 0 Å². The summed E-state index contributed by atoms with van der Waals surface area (Å²) in [5, 5.41) is 8.57. The molecule has 0 saturated heterocycles. The molecule has 0 fully saturated rings. The molecule has 0 aliphatic heterocycles. The van der Waals surface area contributed by atoms with Crippen molar-refractivity contribution in [1.29, 1.82) is 0 Å². The highest BCUT2D eigenvalue weighted by atomic mass is 32.1. The van der Waals surface area contributed by atoms with Gasteiger partial charge in [0.1, 0.15) is 17.2 Å². The molecule has 0 radical (unpaired) electrons. The second-order valence-corrected chi connectivity index (χ2v) is 7.73. The lowest BCUT2D eigenvalue weighted by molar-refractivity contribution is 0.102. The van der Waals surface area contributed by atoms with Gasteiger partial charge in [-0.25, -0.2) is 4.98 Å². The number of rotatable bonds is 6. The molecule has 1 amide bonds. The third kappa shape index (κ3) is 4.85. The Morgan fingerprint density at radius 2 is 1.67 bits per heavy atom. The van der Waals surface area contributed by atoms with Crippen molar-refractivity contribution < 1.29 is 9.53 Å². The summed E-state index contributed by atoms with van der Waals surface area (Å²) in [5.41, 5.74) is 4.37. The zero-order chi connectivity index (χ0) is 20.9. The van der Waals surface area contributed by atoms with E-state index in [0.717, 1.165) is 17.0 Å². The van der Waals surface area contributed by atoms with Crippen molar-refractivity contribution in [2.24, 2.45) is 0 Å². The van der Waals surface area contributed by atoms with Crippen molar-refractivity contribution in [3.05, 3.63) is 95.0 Å². The van der Waals surface area contributed by atoms with Crippen LogP contribution in [0.3, 0.4) is 0 Å². The monoisotopic (exact) mass is 415 g/mol. The van der Waals surface area contributed by atoms with E-state index in [-0.39, 0.29) is 5.91 Å². The Morgan fingerprint density at radius 3 is 2.40 bits per heavy atom. The lowest BCUT2D eigenvalue weighted by Gasteiger charge is -2.08. The van der Waals surface area contributed by atoms with Gasteiger partial charge in [0.15, 0.2) is 5.13 Å². The Labute approximate surface area is 179 Å². The van der Waals surface area contributed by atoms with Gasteiger partial charge in [-0.15, -0.1) is 11.3 Å². The summed E-state index contributed by atoms with van der Waals surface area (Å²) in [6.07, 6.45) is 0. The number of amides is 1. The van der Waals surface area contributed by atoms with Gasteiger partial charge in [-0.05, 0) is 61.9 Å². The summed E-state index contributed by atoms with van der Waals surface area (Å²) >= 11 is 1.40. The fraction of sp³-hybridized carbons (Fsp3) is 0.0833. The molecule has 0 atom stereocenters. The van der Waals surface area contributed by atoms with E-state index >= 15 is 0 Å². The highest BCUT2D eigenvalue weighted by Gasteiger charge is 2.12. The average Bonchev–Trinajstić information content (AvgIpc) is 3.21. The molecule has 0 unspecified atom stereocenters. The summed E-state index contributed by atoms with van der Waals surface area (Å²) in [6.45, 7) is 4.10. The van der Waals surface area contributed by atoms with Gasteiger partial charge in [0.05, 0.1) is 0 Å². The van der Waals surface area contributed by atoms with Crippen LogP contribution in [-0.4, -0.2) is 10.9 Å². The lowest BCUT2D eigenvalue weighted by atomic mass is 10.1. The molecular weight excluding hydrogens is 394 g/mol. The van der Waals surface area contributed by atoms with Crippen LogP contribution < -0.4 is 15.4 Å². The number of nitrogens with zero attached hydrogens (tertiary/aromatic N) is 1. The predicted octanol–water partition coefficient (Wildman–Crippen LogP) is 6.55. The van der Waals surface area contributed by atoms with Crippen molar-refractivity contribution in [3.8, 4) is 11.5 Å². The molecule has 0 saturated carbocycles. The van der Waals surface area contributed by atoms with Crippen LogP contribution in [0.25, 0.3) is 0 Å². The van der Waals surface area contributed by atoms with Gasteiger partial charge in [0, 0.05) is 16.8 Å². The summed E-state index contributed by atoms with van der Waals surface area (Å²) in [4.78, 5) is 17.0. The molecule has 0 aliphatic rings. The van der Waals surface area contributed by atoms with Crippen LogP contribution in [0.2, 0.25) is 0 Å². The molecule has 150 valence electrons. The summed E-state index contributed by atoms with van der Waals surface area (Å²) in [6, 6.07) is 23.0. The first-order valence-electron chi connectivity index (χ1n) is 9.51. The topological polar surface area (TPSA) is 63.2 Å². The third-order valence-electron chi connectivity index (χ3n) is 4.45. The fourth-order valence-electron chi connectivity index (χ4n) is 2.93. The number of aryl methyl sites for hydroxylation is 2. The minimum atomic E-state index is -0.253. The highest BCUT2D eigenvalue weighted by Crippen LogP contribution is 2.26. The summed E-state index contributed by atoms with van der Waals surface area (Å²) in [7, 11) is 0. The Kier molecular flexibility index (Phi) is 5.77. The maximum atomic E-state index is 12.5. The molecule has 0 spiro atoms. The Hall–Kier alpha value is -3.64. The smallest absolute Gasteiger partial charge is 0.275 e. The quantitative estimate of drug-likeness (QED) is 0.375. The number of benzene rings is 3. The molecule has 5 nitrogen and oxygen atoms in total. The lowest BCUT2D eigenvalue weighted by Crippen LogP contribution is -2.12. The summed E-state index contributed by atoms with van der Waals surface area (Å²) < 4.78 is 5.77. The van der Waals surface area contributed by atoms with Crippen LogP contribution >= 0.6 is 11.3 Å². The largest absolute Gasteiger partial charge is 0.457 e. The number of hydrogen-bond acceptors (Lipinski definition) is 5. The Balaban J connectivity index is 1.38. The standard InChI is InChI=1S/C24H21N3O2S/c1-16-8-13-21(17(2)14-16)26-24-27-22(15-30-24)23(28)25-18-9-11-20(12-10-18)29-19-6-4-3-5-7-19/h3-15H,1-2H3,(H,25,28)(H,26,27). The fourth-order valence-corrected chi connectivity index (χ4v) is 3.63. The molecule has 1 aromatic heterocycles. The number of thiazole rings is 1. The Morgan fingerprint density at radius 1 is 0.933 bits per heavy atom. The normalized spacial score (nSPS) is 10.5. The van der Waals surface area contributed by atoms with Gasteiger partial charge in [-0.3, -0.25) is 4.79 Å². The molecule has 0 bridgehead atoms. The van der Waals surface area contributed by atoms with Crippen LogP contribution in [0, 0.1) is 13.8 Å². The van der Waals surface area contributed by atoms with Gasteiger partial charge < -0.3 is 15.4 Å². The number of aromatic nitrogens is 1. The van der Waals surface area contributed by atoms with Crippen molar-refractivity contribution >= 4 is 33.8 Å².